The second-order valence-corrected chi connectivity index (χ2v) is 9.99. The van der Waals surface area contributed by atoms with E-state index in [2.05, 4.69) is 20.6 Å². The molecule has 4 aromatic rings. The highest BCUT2D eigenvalue weighted by Gasteiger charge is 2.21. The van der Waals surface area contributed by atoms with E-state index in [0.29, 0.717) is 48.2 Å². The second-order valence-electron chi connectivity index (χ2n) is 8.57. The topological polar surface area (TPSA) is 104 Å². The van der Waals surface area contributed by atoms with Crippen LogP contribution in [-0.4, -0.2) is 40.7 Å². The van der Waals surface area contributed by atoms with Gasteiger partial charge in [-0.15, -0.1) is 0 Å². The Balaban J connectivity index is 1.53. The molecule has 1 unspecified atom stereocenters. The van der Waals surface area contributed by atoms with Gasteiger partial charge in [0.2, 0.25) is 11.8 Å². The van der Waals surface area contributed by atoms with Crippen molar-refractivity contribution in [1.29, 1.82) is 0 Å². The van der Waals surface area contributed by atoms with E-state index < -0.39 is 22.3 Å². The number of nitrogen functional groups attached to an aromatic ring is 1. The monoisotopic (exact) mass is 525 g/mol. The first-order valence-corrected chi connectivity index (χ1v) is 12.9. The van der Waals surface area contributed by atoms with Crippen molar-refractivity contribution < 1.29 is 18.3 Å². The molecule has 1 aliphatic heterocycles. The van der Waals surface area contributed by atoms with Crippen LogP contribution in [0.5, 0.6) is 5.88 Å². The van der Waals surface area contributed by atoms with Crippen molar-refractivity contribution in [3.63, 3.8) is 0 Å². The number of halogens is 2. The molecule has 11 heteroatoms. The fraction of sp³-hybridized carbons (Fsp3) is 0.231. The van der Waals surface area contributed by atoms with Gasteiger partial charge < -0.3 is 19.9 Å². The first kappa shape index (κ1) is 24.8. The number of nitrogens with two attached hydrogens (primary N) is 1. The van der Waals surface area contributed by atoms with E-state index in [1.165, 1.54) is 19.2 Å². The van der Waals surface area contributed by atoms with Gasteiger partial charge >= 0.3 is 0 Å². The summed E-state index contributed by atoms with van der Waals surface area (Å²) in [6, 6.07) is 10.4. The predicted molar refractivity (Wildman–Crippen MR) is 142 cm³/mol. The van der Waals surface area contributed by atoms with Crippen LogP contribution in [0.1, 0.15) is 18.9 Å². The van der Waals surface area contributed by atoms with Crippen LogP contribution in [0.15, 0.2) is 58.4 Å². The number of hydrogen-bond acceptors (Lipinski definition) is 7. The Labute approximate surface area is 214 Å². The van der Waals surface area contributed by atoms with Gasteiger partial charge in [0.15, 0.2) is 0 Å². The molecule has 0 aliphatic carbocycles. The molecule has 3 N–H and O–H groups in total. The lowest BCUT2D eigenvalue weighted by Crippen LogP contribution is -2.31. The van der Waals surface area contributed by atoms with Crippen LogP contribution < -0.4 is 20.8 Å². The van der Waals surface area contributed by atoms with E-state index in [9.17, 15) is 13.6 Å². The zero-order chi connectivity index (χ0) is 26.1. The number of rotatable bonds is 6. The Kier molecular flexibility index (Phi) is 6.90. The third-order valence-electron chi connectivity index (χ3n) is 6.25. The third kappa shape index (κ3) is 4.92. The Bertz CT molecular complexity index is 1570. The third-order valence-corrected chi connectivity index (χ3v) is 7.58. The first-order valence-electron chi connectivity index (χ1n) is 11.6. The Morgan fingerprint density at radius 2 is 1.95 bits per heavy atom. The Morgan fingerprint density at radius 3 is 2.68 bits per heavy atom. The summed E-state index contributed by atoms with van der Waals surface area (Å²) in [6.07, 6.45) is 3.00. The minimum absolute atomic E-state index is 0.0675. The lowest BCUT2D eigenvalue weighted by molar-refractivity contribution is 0.0692. The largest absolute Gasteiger partial charge is 0.480 e. The van der Waals surface area contributed by atoms with E-state index in [-0.39, 0.29) is 28.3 Å². The van der Waals surface area contributed by atoms with E-state index >= 15 is 0 Å². The molecule has 1 saturated heterocycles. The van der Waals surface area contributed by atoms with E-state index in [0.717, 1.165) is 11.6 Å². The summed E-state index contributed by atoms with van der Waals surface area (Å²) in [6.45, 7) is 1.13. The maximum absolute atomic E-state index is 14.3. The summed E-state index contributed by atoms with van der Waals surface area (Å²) in [5.41, 5.74) is 8.34. The van der Waals surface area contributed by atoms with Crippen molar-refractivity contribution in [2.24, 2.45) is 0 Å². The van der Waals surface area contributed by atoms with Gasteiger partial charge in [0.1, 0.15) is 17.3 Å². The van der Waals surface area contributed by atoms with Crippen LogP contribution >= 0.6 is 10.7 Å². The number of aromatic nitrogens is 3. The molecule has 2 aromatic heterocycles. The highest BCUT2D eigenvalue weighted by atomic mass is 32.2. The normalized spacial score (nSPS) is 15.0. The minimum atomic E-state index is -1.06. The minimum Gasteiger partial charge on any atom is -0.480 e. The number of hydrogen-bond donors (Lipinski definition) is 2. The number of methoxy groups -OCH3 is 1. The molecule has 1 fully saturated rings. The number of nitrogens with zero attached hydrogens (tertiary/aromatic N) is 3. The summed E-state index contributed by atoms with van der Waals surface area (Å²) >= 11 is 0. The van der Waals surface area contributed by atoms with E-state index in [1.807, 2.05) is 6.07 Å². The van der Waals surface area contributed by atoms with E-state index in [1.54, 1.807) is 29.0 Å². The zero-order valence-corrected chi connectivity index (χ0v) is 20.9. The van der Waals surface area contributed by atoms with Gasteiger partial charge in [0, 0.05) is 37.1 Å². The molecular formula is C26H25F2N5O3S. The average Bonchev–Trinajstić information content (AvgIpc) is 2.89. The summed E-state index contributed by atoms with van der Waals surface area (Å²) < 4.78 is 43.1. The molecule has 37 heavy (non-hydrogen) atoms. The number of benzene rings is 2. The molecule has 1 aliphatic rings. The molecule has 8 nitrogen and oxygen atoms in total. The molecule has 1 atom stereocenters. The van der Waals surface area contributed by atoms with Gasteiger partial charge in [-0.05, 0) is 48.7 Å². The molecule has 0 amide bonds. The number of anilines is 2. The maximum Gasteiger partial charge on any atom is 0.263 e. The number of pyridine rings is 1. The van der Waals surface area contributed by atoms with Gasteiger partial charge in [-0.1, -0.05) is 22.6 Å². The van der Waals surface area contributed by atoms with Crippen LogP contribution in [0.25, 0.3) is 22.0 Å². The zero-order valence-electron chi connectivity index (χ0n) is 20.0. The summed E-state index contributed by atoms with van der Waals surface area (Å²) in [7, 11) is 0.405. The van der Waals surface area contributed by atoms with Crippen molar-refractivity contribution in [2.45, 2.75) is 23.8 Å². The number of fused-ring (bicyclic) bond motifs is 1. The average molecular weight is 526 g/mol. The molecule has 0 bridgehead atoms. The maximum atomic E-state index is 14.3. The van der Waals surface area contributed by atoms with Crippen molar-refractivity contribution in [3.8, 4) is 17.0 Å². The van der Waals surface area contributed by atoms with Crippen molar-refractivity contribution >= 4 is 39.1 Å². The van der Waals surface area contributed by atoms with Gasteiger partial charge in [-0.25, -0.2) is 18.7 Å². The molecule has 5 rings (SSSR count). The first-order chi connectivity index (χ1) is 17.9. The molecule has 192 valence electrons. The van der Waals surface area contributed by atoms with Crippen LogP contribution in [0.3, 0.4) is 0 Å². The van der Waals surface area contributed by atoms with Crippen molar-refractivity contribution in [3.05, 3.63) is 70.6 Å². The molecule has 2 aromatic carbocycles. The summed E-state index contributed by atoms with van der Waals surface area (Å²) in [5.74, 6) is 3.09. The van der Waals surface area contributed by atoms with Gasteiger partial charge in [0.25, 0.3) is 5.56 Å². The van der Waals surface area contributed by atoms with Crippen molar-refractivity contribution in [2.75, 3.05) is 30.8 Å². The van der Waals surface area contributed by atoms with Crippen LogP contribution in [-0.2, 0) is 4.74 Å². The highest BCUT2D eigenvalue weighted by Crippen LogP contribution is 2.35. The van der Waals surface area contributed by atoms with E-state index in [4.69, 9.17) is 15.2 Å². The fourth-order valence-corrected chi connectivity index (χ4v) is 5.45. The smallest absolute Gasteiger partial charge is 0.263 e. The number of nitrogens with one attached hydrogen (secondary N) is 1. The SMILES string of the molecule is C=S(Nc1cc(-c2ccc3nc(N)n(C4CCOCC4)c(=O)c3c2)cnc1OC)c1ccc(F)cc1F. The standard InChI is InChI=1S/C26H25F2N5O3S/c1-35-24-22(32-37(2)23-6-4-17(27)13-20(23)28)12-16(14-30-24)15-3-5-21-19(11-15)25(34)33(26(29)31-21)18-7-9-36-10-8-18/h3-6,11-14,18,32H,2,7-10H2,1H3,(H2,29,31). The van der Waals surface area contributed by atoms with Crippen LogP contribution in [0.4, 0.5) is 20.4 Å². The quantitative estimate of drug-likeness (QED) is 0.350. The van der Waals surface area contributed by atoms with Crippen molar-refractivity contribution in [1.82, 2.24) is 14.5 Å². The molecule has 0 radical (unpaired) electrons. The summed E-state index contributed by atoms with van der Waals surface area (Å²) in [4.78, 5) is 22.5. The molecule has 3 heterocycles. The fourth-order valence-electron chi connectivity index (χ4n) is 4.40. The van der Waals surface area contributed by atoms with Crippen LogP contribution in [0.2, 0.25) is 0 Å². The predicted octanol–water partition coefficient (Wildman–Crippen LogP) is 4.77. The molecule has 0 saturated carbocycles. The Hall–Kier alpha value is -3.83. The molecule has 0 spiro atoms. The lowest BCUT2D eigenvalue weighted by atomic mass is 10.0. The highest BCUT2D eigenvalue weighted by molar-refractivity contribution is 8.15. The second kappa shape index (κ2) is 10.3. The lowest BCUT2D eigenvalue weighted by Gasteiger charge is -2.25. The summed E-state index contributed by atoms with van der Waals surface area (Å²) in [5, 5.41) is 0.439. The van der Waals surface area contributed by atoms with Gasteiger partial charge in [-0.2, -0.15) is 0 Å². The number of ether oxygens (including phenoxy) is 2. The Morgan fingerprint density at radius 1 is 1.16 bits per heavy atom. The van der Waals surface area contributed by atoms with Gasteiger partial charge in [-0.3, -0.25) is 9.36 Å². The van der Waals surface area contributed by atoms with Crippen LogP contribution in [0, 0.1) is 11.6 Å². The molecular weight excluding hydrogens is 500 g/mol. The van der Waals surface area contributed by atoms with Gasteiger partial charge in [0.05, 0.1) is 22.9 Å².